The molecule has 0 saturated heterocycles. The second-order valence-corrected chi connectivity index (χ2v) is 6.95. The SMILES string of the molecule is COC(=O)NC(C(N)=O)C(C)(C)C.NCc1ccc(-c2ccccn2)cc1. The number of nitrogens with one attached hydrogen (secondary N) is 1. The first-order chi connectivity index (χ1) is 12.7. The van der Waals surface area contributed by atoms with Crippen molar-refractivity contribution in [3.05, 3.63) is 54.2 Å². The Morgan fingerprint density at radius 1 is 1.15 bits per heavy atom. The van der Waals surface area contributed by atoms with Crippen LogP contribution in [-0.4, -0.2) is 30.1 Å². The fraction of sp³-hybridized carbons (Fsp3) is 0.350. The van der Waals surface area contributed by atoms with Gasteiger partial charge in [-0.05, 0) is 23.1 Å². The first-order valence-corrected chi connectivity index (χ1v) is 8.53. The van der Waals surface area contributed by atoms with E-state index in [2.05, 4.69) is 15.0 Å². The molecule has 0 fully saturated rings. The van der Waals surface area contributed by atoms with Gasteiger partial charge < -0.3 is 21.5 Å². The molecule has 0 saturated carbocycles. The van der Waals surface area contributed by atoms with E-state index in [4.69, 9.17) is 11.5 Å². The minimum Gasteiger partial charge on any atom is -0.453 e. The largest absolute Gasteiger partial charge is 0.453 e. The lowest BCUT2D eigenvalue weighted by atomic mass is 9.86. The Balaban J connectivity index is 0.000000271. The van der Waals surface area contributed by atoms with Crippen molar-refractivity contribution in [3.63, 3.8) is 0 Å². The van der Waals surface area contributed by atoms with Crippen LogP contribution >= 0.6 is 0 Å². The van der Waals surface area contributed by atoms with Crippen LogP contribution in [0.2, 0.25) is 0 Å². The lowest BCUT2D eigenvalue weighted by Gasteiger charge is -2.27. The van der Waals surface area contributed by atoms with E-state index in [1.807, 2.05) is 42.5 Å². The number of carbonyl (C=O) groups excluding carboxylic acids is 2. The number of methoxy groups -OCH3 is 1. The third kappa shape index (κ3) is 7.45. The van der Waals surface area contributed by atoms with Crippen LogP contribution in [0.4, 0.5) is 4.79 Å². The van der Waals surface area contributed by atoms with Gasteiger partial charge in [0.25, 0.3) is 0 Å². The molecule has 1 unspecified atom stereocenters. The van der Waals surface area contributed by atoms with Crippen LogP contribution in [0.15, 0.2) is 48.7 Å². The summed E-state index contributed by atoms with van der Waals surface area (Å²) in [5, 5.41) is 2.37. The average Bonchev–Trinajstić information content (AvgIpc) is 2.66. The van der Waals surface area contributed by atoms with E-state index in [-0.39, 0.29) is 0 Å². The van der Waals surface area contributed by atoms with E-state index in [1.54, 1.807) is 27.0 Å². The molecule has 0 spiro atoms. The highest BCUT2D eigenvalue weighted by molar-refractivity contribution is 5.84. The Kier molecular flexibility index (Phi) is 8.41. The Hall–Kier alpha value is -2.93. The quantitative estimate of drug-likeness (QED) is 0.761. The van der Waals surface area contributed by atoms with E-state index in [1.165, 1.54) is 7.11 Å². The van der Waals surface area contributed by atoms with Crippen molar-refractivity contribution in [2.75, 3.05) is 7.11 Å². The summed E-state index contributed by atoms with van der Waals surface area (Å²) in [6.45, 7) is 6.00. The number of nitrogens with zero attached hydrogens (tertiary/aromatic N) is 1. The molecule has 1 aromatic heterocycles. The van der Waals surface area contributed by atoms with Gasteiger partial charge in [0.1, 0.15) is 6.04 Å². The highest BCUT2D eigenvalue weighted by Crippen LogP contribution is 2.19. The van der Waals surface area contributed by atoms with Crippen LogP contribution in [0.3, 0.4) is 0 Å². The molecule has 27 heavy (non-hydrogen) atoms. The zero-order valence-corrected chi connectivity index (χ0v) is 16.2. The summed E-state index contributed by atoms with van der Waals surface area (Å²) in [7, 11) is 1.23. The summed E-state index contributed by atoms with van der Waals surface area (Å²) in [6, 6.07) is 13.3. The van der Waals surface area contributed by atoms with Crippen LogP contribution in [0.25, 0.3) is 11.3 Å². The summed E-state index contributed by atoms with van der Waals surface area (Å²) in [6.07, 6.45) is 1.14. The molecule has 0 aliphatic rings. The van der Waals surface area contributed by atoms with Crippen LogP contribution in [0.5, 0.6) is 0 Å². The Bertz CT molecular complexity index is 725. The monoisotopic (exact) mass is 372 g/mol. The Morgan fingerprint density at radius 3 is 2.19 bits per heavy atom. The lowest BCUT2D eigenvalue weighted by molar-refractivity contribution is -0.122. The van der Waals surface area contributed by atoms with Crippen molar-refractivity contribution in [1.29, 1.82) is 0 Å². The topological polar surface area (TPSA) is 120 Å². The summed E-state index contributed by atoms with van der Waals surface area (Å²) >= 11 is 0. The number of rotatable bonds is 4. The average molecular weight is 372 g/mol. The zero-order chi connectivity index (χ0) is 20.4. The fourth-order valence-corrected chi connectivity index (χ4v) is 2.24. The van der Waals surface area contributed by atoms with Gasteiger partial charge in [0.05, 0.1) is 12.8 Å². The zero-order valence-electron chi connectivity index (χ0n) is 16.2. The van der Waals surface area contributed by atoms with Gasteiger partial charge in [-0.25, -0.2) is 4.79 Å². The number of carbonyl (C=O) groups is 2. The maximum absolute atomic E-state index is 10.9. The van der Waals surface area contributed by atoms with Crippen LogP contribution in [0, 0.1) is 5.41 Å². The summed E-state index contributed by atoms with van der Waals surface area (Å²) < 4.78 is 4.37. The van der Waals surface area contributed by atoms with Crippen molar-refractivity contribution >= 4 is 12.0 Å². The van der Waals surface area contributed by atoms with Crippen molar-refractivity contribution < 1.29 is 14.3 Å². The number of benzene rings is 1. The molecule has 1 heterocycles. The summed E-state index contributed by atoms with van der Waals surface area (Å²) in [4.78, 5) is 26.1. The normalized spacial score (nSPS) is 11.6. The number of hydrogen-bond acceptors (Lipinski definition) is 5. The van der Waals surface area contributed by atoms with Crippen LogP contribution in [-0.2, 0) is 16.1 Å². The minimum absolute atomic E-state index is 0.417. The molecule has 1 aromatic carbocycles. The van der Waals surface area contributed by atoms with E-state index in [0.717, 1.165) is 16.8 Å². The van der Waals surface area contributed by atoms with Crippen LogP contribution < -0.4 is 16.8 Å². The molecular weight excluding hydrogens is 344 g/mol. The Labute approximate surface area is 160 Å². The number of ether oxygens (including phenoxy) is 1. The van der Waals surface area contributed by atoms with Crippen molar-refractivity contribution in [1.82, 2.24) is 10.3 Å². The van der Waals surface area contributed by atoms with Gasteiger partial charge in [-0.15, -0.1) is 0 Å². The molecule has 2 aromatic rings. The van der Waals surface area contributed by atoms with Crippen molar-refractivity contribution in [2.45, 2.75) is 33.4 Å². The Morgan fingerprint density at radius 2 is 1.78 bits per heavy atom. The van der Waals surface area contributed by atoms with Crippen LogP contribution in [0.1, 0.15) is 26.3 Å². The van der Waals surface area contributed by atoms with E-state index in [0.29, 0.717) is 6.54 Å². The lowest BCUT2D eigenvalue weighted by Crippen LogP contribution is -2.51. The van der Waals surface area contributed by atoms with Gasteiger partial charge in [-0.2, -0.15) is 0 Å². The predicted octanol–water partition coefficient (Wildman–Crippen LogP) is 2.45. The maximum atomic E-state index is 10.9. The van der Waals surface area contributed by atoms with Crippen molar-refractivity contribution in [3.8, 4) is 11.3 Å². The molecule has 7 heteroatoms. The molecule has 0 aliphatic heterocycles. The first kappa shape index (κ1) is 22.1. The van der Waals surface area contributed by atoms with Gasteiger partial charge in [0, 0.05) is 18.3 Å². The highest BCUT2D eigenvalue weighted by Gasteiger charge is 2.31. The molecule has 0 radical (unpaired) electrons. The molecule has 0 aliphatic carbocycles. The molecule has 7 nitrogen and oxygen atoms in total. The second kappa shape index (κ2) is 10.3. The highest BCUT2D eigenvalue weighted by atomic mass is 16.5. The molecule has 2 rings (SSSR count). The van der Waals surface area contributed by atoms with Gasteiger partial charge in [-0.1, -0.05) is 51.1 Å². The van der Waals surface area contributed by atoms with E-state index < -0.39 is 23.5 Å². The van der Waals surface area contributed by atoms with E-state index in [9.17, 15) is 9.59 Å². The minimum atomic E-state index is -0.722. The van der Waals surface area contributed by atoms with Gasteiger partial charge in [-0.3, -0.25) is 9.78 Å². The smallest absolute Gasteiger partial charge is 0.407 e. The number of nitrogens with two attached hydrogens (primary N) is 2. The number of aromatic nitrogens is 1. The number of amides is 2. The number of alkyl carbamates (subject to hydrolysis) is 1. The number of primary amides is 1. The fourth-order valence-electron chi connectivity index (χ4n) is 2.24. The molecule has 5 N–H and O–H groups in total. The maximum Gasteiger partial charge on any atom is 0.407 e. The molecule has 2 amide bonds. The summed E-state index contributed by atoms with van der Waals surface area (Å²) in [5.41, 5.74) is 13.5. The molecule has 1 atom stereocenters. The standard InChI is InChI=1S/C12H12N2.C8H16N2O3/c13-9-10-4-6-11(7-5-10)12-3-1-2-8-14-12;1-8(2,3)5(6(9)11)10-7(12)13-4/h1-8H,9,13H2;5H,1-4H3,(H2,9,11)(H,10,12). The van der Waals surface area contributed by atoms with Crippen molar-refractivity contribution in [2.24, 2.45) is 16.9 Å². The third-order valence-electron chi connectivity index (χ3n) is 3.75. The molecule has 0 bridgehead atoms. The second-order valence-electron chi connectivity index (χ2n) is 6.95. The predicted molar refractivity (Wildman–Crippen MR) is 106 cm³/mol. The third-order valence-corrected chi connectivity index (χ3v) is 3.75. The number of pyridine rings is 1. The van der Waals surface area contributed by atoms with Gasteiger partial charge >= 0.3 is 6.09 Å². The molecule has 146 valence electrons. The molecular formula is C20H28N4O3. The van der Waals surface area contributed by atoms with E-state index >= 15 is 0 Å². The summed E-state index contributed by atoms with van der Waals surface area (Å²) in [5.74, 6) is -0.571. The first-order valence-electron chi connectivity index (χ1n) is 8.53. The van der Waals surface area contributed by atoms with Gasteiger partial charge in [0.2, 0.25) is 5.91 Å². The number of hydrogen-bond donors (Lipinski definition) is 3. The van der Waals surface area contributed by atoms with Gasteiger partial charge in [0.15, 0.2) is 0 Å².